The molecule has 0 aromatic rings. The van der Waals surface area contributed by atoms with Crippen LogP contribution in [-0.2, 0) is 9.47 Å². The molecule has 2 aliphatic rings. The quantitative estimate of drug-likeness (QED) is 0.599. The zero-order valence-electron chi connectivity index (χ0n) is 6.58. The van der Waals surface area contributed by atoms with Crippen molar-refractivity contribution in [3.63, 3.8) is 0 Å². The molecule has 11 heavy (non-hydrogen) atoms. The fourth-order valence-electron chi connectivity index (χ4n) is 1.27. The molecule has 2 aliphatic heterocycles. The van der Waals surface area contributed by atoms with E-state index in [1.807, 2.05) is 11.8 Å². The summed E-state index contributed by atoms with van der Waals surface area (Å²) in [4.78, 5) is 1.27. The fourth-order valence-corrected chi connectivity index (χ4v) is 2.43. The maximum Gasteiger partial charge on any atom is 0.189 e. The van der Waals surface area contributed by atoms with Crippen LogP contribution in [0.1, 0.15) is 6.92 Å². The zero-order chi connectivity index (χ0) is 7.68. The van der Waals surface area contributed by atoms with Gasteiger partial charge in [0.1, 0.15) is 0 Å². The van der Waals surface area contributed by atoms with Gasteiger partial charge in [0.15, 0.2) is 6.29 Å². The second-order valence-electron chi connectivity index (χ2n) is 2.93. The van der Waals surface area contributed by atoms with Gasteiger partial charge in [0.05, 0.1) is 13.2 Å². The predicted octanol–water partition coefficient (Wildman–Crippen LogP) is 1.63. The standard InChI is InChI=1S/C8H12O2S/c1-6-4-7(11-5-6)8-9-2-3-10-8/h4,6,8H,2-3,5H2,1H3. The fraction of sp³-hybridized carbons (Fsp3) is 0.750. The van der Waals surface area contributed by atoms with E-state index in [0.717, 1.165) is 13.2 Å². The Morgan fingerprint density at radius 3 is 2.73 bits per heavy atom. The summed E-state index contributed by atoms with van der Waals surface area (Å²) in [6, 6.07) is 0. The Labute approximate surface area is 70.9 Å². The molecule has 3 heteroatoms. The summed E-state index contributed by atoms with van der Waals surface area (Å²) in [7, 11) is 0. The number of rotatable bonds is 1. The van der Waals surface area contributed by atoms with Gasteiger partial charge in [-0.3, -0.25) is 0 Å². The highest BCUT2D eigenvalue weighted by molar-refractivity contribution is 8.03. The highest BCUT2D eigenvalue weighted by Crippen LogP contribution is 2.34. The van der Waals surface area contributed by atoms with E-state index in [4.69, 9.17) is 9.47 Å². The van der Waals surface area contributed by atoms with Crippen molar-refractivity contribution in [3.05, 3.63) is 11.0 Å². The Bertz CT molecular complexity index is 173. The Morgan fingerprint density at radius 1 is 1.45 bits per heavy atom. The molecule has 2 nitrogen and oxygen atoms in total. The molecule has 0 saturated carbocycles. The lowest BCUT2D eigenvalue weighted by atomic mass is 10.2. The molecule has 0 aromatic heterocycles. The van der Waals surface area contributed by atoms with E-state index in [-0.39, 0.29) is 6.29 Å². The predicted molar refractivity (Wildman–Crippen MR) is 45.4 cm³/mol. The van der Waals surface area contributed by atoms with Gasteiger partial charge in [0, 0.05) is 10.7 Å². The number of hydrogen-bond donors (Lipinski definition) is 0. The molecule has 0 amide bonds. The summed E-state index contributed by atoms with van der Waals surface area (Å²) in [6.07, 6.45) is 2.21. The number of thioether (sulfide) groups is 1. The molecule has 0 aliphatic carbocycles. The van der Waals surface area contributed by atoms with Gasteiger partial charge in [-0.1, -0.05) is 13.0 Å². The smallest absolute Gasteiger partial charge is 0.189 e. The van der Waals surface area contributed by atoms with Crippen molar-refractivity contribution in [2.24, 2.45) is 5.92 Å². The number of hydrogen-bond acceptors (Lipinski definition) is 3. The first kappa shape index (κ1) is 7.65. The Hall–Kier alpha value is 0.0100. The average molecular weight is 172 g/mol. The van der Waals surface area contributed by atoms with E-state index in [2.05, 4.69) is 13.0 Å². The van der Waals surface area contributed by atoms with Gasteiger partial charge >= 0.3 is 0 Å². The lowest BCUT2D eigenvalue weighted by Crippen LogP contribution is -2.07. The minimum absolute atomic E-state index is 0.0371. The second kappa shape index (κ2) is 3.17. The number of allylic oxidation sites excluding steroid dienone is 1. The van der Waals surface area contributed by atoms with Crippen LogP contribution in [0.2, 0.25) is 0 Å². The van der Waals surface area contributed by atoms with Crippen LogP contribution in [0.15, 0.2) is 11.0 Å². The molecule has 0 N–H and O–H groups in total. The summed E-state index contributed by atoms with van der Waals surface area (Å²) >= 11 is 1.86. The van der Waals surface area contributed by atoms with Crippen LogP contribution in [-0.4, -0.2) is 25.3 Å². The Balaban J connectivity index is 1.98. The van der Waals surface area contributed by atoms with E-state index in [9.17, 15) is 0 Å². The topological polar surface area (TPSA) is 18.5 Å². The summed E-state index contributed by atoms with van der Waals surface area (Å²) in [5, 5.41) is 0. The van der Waals surface area contributed by atoms with Crippen molar-refractivity contribution in [2.45, 2.75) is 13.2 Å². The van der Waals surface area contributed by atoms with Gasteiger partial charge in [-0.2, -0.15) is 0 Å². The molecule has 0 spiro atoms. The van der Waals surface area contributed by atoms with E-state index in [1.54, 1.807) is 0 Å². The largest absolute Gasteiger partial charge is 0.346 e. The van der Waals surface area contributed by atoms with Crippen LogP contribution in [0, 0.1) is 5.92 Å². The molecule has 1 unspecified atom stereocenters. The first-order valence-corrected chi connectivity index (χ1v) is 4.92. The lowest BCUT2D eigenvalue weighted by molar-refractivity contribution is -0.00460. The first-order chi connectivity index (χ1) is 5.36. The van der Waals surface area contributed by atoms with Crippen molar-refractivity contribution in [3.8, 4) is 0 Å². The maximum absolute atomic E-state index is 5.37. The van der Waals surface area contributed by atoms with Crippen molar-refractivity contribution >= 4 is 11.8 Å². The minimum Gasteiger partial charge on any atom is -0.346 e. The SMILES string of the molecule is CC1C=C(C2OCCO2)SC1. The first-order valence-electron chi connectivity index (χ1n) is 3.94. The highest BCUT2D eigenvalue weighted by Gasteiger charge is 2.25. The summed E-state index contributed by atoms with van der Waals surface area (Å²) in [5.41, 5.74) is 0. The van der Waals surface area contributed by atoms with Crippen LogP contribution >= 0.6 is 11.8 Å². The van der Waals surface area contributed by atoms with Crippen LogP contribution in [0.4, 0.5) is 0 Å². The van der Waals surface area contributed by atoms with Crippen molar-refractivity contribution in [1.29, 1.82) is 0 Å². The monoisotopic (exact) mass is 172 g/mol. The highest BCUT2D eigenvalue weighted by atomic mass is 32.2. The van der Waals surface area contributed by atoms with Crippen molar-refractivity contribution in [1.82, 2.24) is 0 Å². The molecule has 0 aromatic carbocycles. The third kappa shape index (κ3) is 1.60. The van der Waals surface area contributed by atoms with Crippen LogP contribution in [0.3, 0.4) is 0 Å². The van der Waals surface area contributed by atoms with Gasteiger partial charge in [0.2, 0.25) is 0 Å². The molecule has 2 heterocycles. The molecule has 1 saturated heterocycles. The molecule has 0 radical (unpaired) electrons. The summed E-state index contributed by atoms with van der Waals surface area (Å²) in [5.74, 6) is 1.86. The maximum atomic E-state index is 5.37. The van der Waals surface area contributed by atoms with Gasteiger partial charge in [-0.15, -0.1) is 11.8 Å². The molecule has 0 bridgehead atoms. The van der Waals surface area contributed by atoms with Gasteiger partial charge < -0.3 is 9.47 Å². The molecular formula is C8H12O2S. The normalized spacial score (nSPS) is 32.8. The van der Waals surface area contributed by atoms with Crippen molar-refractivity contribution < 1.29 is 9.47 Å². The molecule has 2 rings (SSSR count). The molecular weight excluding hydrogens is 160 g/mol. The summed E-state index contributed by atoms with van der Waals surface area (Å²) in [6.45, 7) is 3.71. The molecule has 62 valence electrons. The van der Waals surface area contributed by atoms with E-state index in [1.165, 1.54) is 10.7 Å². The van der Waals surface area contributed by atoms with E-state index >= 15 is 0 Å². The average Bonchev–Trinajstić information content (AvgIpc) is 2.55. The Morgan fingerprint density at radius 2 is 2.18 bits per heavy atom. The van der Waals surface area contributed by atoms with Crippen molar-refractivity contribution in [2.75, 3.05) is 19.0 Å². The van der Waals surface area contributed by atoms with Crippen LogP contribution in [0.25, 0.3) is 0 Å². The van der Waals surface area contributed by atoms with Crippen LogP contribution in [0.5, 0.6) is 0 Å². The van der Waals surface area contributed by atoms with Gasteiger partial charge in [-0.05, 0) is 5.92 Å². The molecule has 1 fully saturated rings. The van der Waals surface area contributed by atoms with Gasteiger partial charge in [0.25, 0.3) is 0 Å². The zero-order valence-corrected chi connectivity index (χ0v) is 7.39. The minimum atomic E-state index is -0.0371. The second-order valence-corrected chi connectivity index (χ2v) is 4.02. The lowest BCUT2D eigenvalue weighted by Gasteiger charge is -2.07. The summed E-state index contributed by atoms with van der Waals surface area (Å²) < 4.78 is 10.7. The number of ether oxygens (including phenoxy) is 2. The van der Waals surface area contributed by atoms with Crippen LogP contribution < -0.4 is 0 Å². The third-order valence-electron chi connectivity index (χ3n) is 1.82. The third-order valence-corrected chi connectivity index (χ3v) is 3.17. The van der Waals surface area contributed by atoms with Gasteiger partial charge in [-0.25, -0.2) is 0 Å². The Kier molecular flexibility index (Phi) is 2.20. The van der Waals surface area contributed by atoms with E-state index < -0.39 is 0 Å². The molecule has 1 atom stereocenters. The van der Waals surface area contributed by atoms with E-state index in [0.29, 0.717) is 5.92 Å².